The average molecular weight is 419 g/mol. The number of aromatic hydroxyl groups is 1. The topological polar surface area (TPSA) is 92.4 Å². The number of amides is 2. The highest BCUT2D eigenvalue weighted by atomic mass is 79.9. The number of aryl methyl sites for hydroxylation is 1. The van der Waals surface area contributed by atoms with Crippen molar-refractivity contribution < 1.29 is 14.7 Å². The molecule has 6 heteroatoms. The molecule has 5 nitrogen and oxygen atoms in total. The molecule has 0 aliphatic rings. The van der Waals surface area contributed by atoms with Gasteiger partial charge in [0.25, 0.3) is 0 Å². The normalized spacial score (nSPS) is 13.0. The summed E-state index contributed by atoms with van der Waals surface area (Å²) in [5.74, 6) is -1.73. The quantitative estimate of drug-likeness (QED) is 0.614. The smallest absolute Gasteiger partial charge is 0.223 e. The van der Waals surface area contributed by atoms with E-state index in [1.54, 1.807) is 25.1 Å². The van der Waals surface area contributed by atoms with Crippen LogP contribution in [0.4, 0.5) is 0 Å². The van der Waals surface area contributed by atoms with Gasteiger partial charge in [0.15, 0.2) is 0 Å². The van der Waals surface area contributed by atoms with Crippen LogP contribution in [0.25, 0.3) is 0 Å². The third-order valence-corrected chi connectivity index (χ3v) is 4.96. The molecule has 0 fully saturated rings. The molecule has 0 heterocycles. The maximum Gasteiger partial charge on any atom is 0.223 e. The lowest BCUT2D eigenvalue weighted by atomic mass is 9.87. The molecule has 2 amide bonds. The third-order valence-electron chi connectivity index (χ3n) is 4.46. The number of phenols is 1. The van der Waals surface area contributed by atoms with Crippen LogP contribution in [0.3, 0.4) is 0 Å². The van der Waals surface area contributed by atoms with E-state index in [1.165, 1.54) is 0 Å². The summed E-state index contributed by atoms with van der Waals surface area (Å²) in [6.45, 7) is 1.88. The molecule has 0 radical (unpaired) electrons. The number of hydrogen-bond acceptors (Lipinski definition) is 3. The highest BCUT2D eigenvalue weighted by Crippen LogP contribution is 2.23. The van der Waals surface area contributed by atoms with E-state index >= 15 is 0 Å². The van der Waals surface area contributed by atoms with Crippen molar-refractivity contribution in [1.82, 2.24) is 5.32 Å². The zero-order chi connectivity index (χ0) is 19.1. The van der Waals surface area contributed by atoms with Crippen molar-refractivity contribution in [3.63, 3.8) is 0 Å². The fraction of sp³-hybridized carbons (Fsp3) is 0.300. The second-order valence-electron chi connectivity index (χ2n) is 6.31. The Morgan fingerprint density at radius 3 is 2.54 bits per heavy atom. The van der Waals surface area contributed by atoms with Crippen molar-refractivity contribution in [2.24, 2.45) is 17.6 Å². The first-order valence-electron chi connectivity index (χ1n) is 8.47. The molecule has 2 aromatic rings. The number of primary amides is 1. The van der Waals surface area contributed by atoms with Gasteiger partial charge in [-0.1, -0.05) is 53.2 Å². The predicted molar refractivity (Wildman–Crippen MR) is 104 cm³/mol. The molecule has 26 heavy (non-hydrogen) atoms. The predicted octanol–water partition coefficient (Wildman–Crippen LogP) is 3.14. The van der Waals surface area contributed by atoms with E-state index < -0.39 is 17.7 Å². The zero-order valence-electron chi connectivity index (χ0n) is 14.6. The van der Waals surface area contributed by atoms with Crippen molar-refractivity contribution in [2.45, 2.75) is 26.3 Å². The lowest BCUT2D eigenvalue weighted by Crippen LogP contribution is -2.39. The van der Waals surface area contributed by atoms with E-state index in [0.717, 1.165) is 10.0 Å². The van der Waals surface area contributed by atoms with Gasteiger partial charge in [-0.2, -0.15) is 0 Å². The van der Waals surface area contributed by atoms with E-state index in [2.05, 4.69) is 21.2 Å². The fourth-order valence-corrected chi connectivity index (χ4v) is 3.24. The van der Waals surface area contributed by atoms with Crippen LogP contribution in [-0.4, -0.2) is 16.9 Å². The summed E-state index contributed by atoms with van der Waals surface area (Å²) in [5.41, 5.74) is 7.22. The number of halogens is 1. The first kappa shape index (κ1) is 20.0. The second kappa shape index (κ2) is 9.38. The monoisotopic (exact) mass is 418 g/mol. The first-order valence-corrected chi connectivity index (χ1v) is 9.26. The summed E-state index contributed by atoms with van der Waals surface area (Å²) in [6, 6.07) is 14.8. The molecule has 0 aromatic heterocycles. The van der Waals surface area contributed by atoms with E-state index in [4.69, 9.17) is 5.73 Å². The van der Waals surface area contributed by atoms with Crippen LogP contribution < -0.4 is 11.1 Å². The van der Waals surface area contributed by atoms with Crippen LogP contribution in [0, 0.1) is 11.8 Å². The van der Waals surface area contributed by atoms with Crippen molar-refractivity contribution in [3.05, 3.63) is 64.1 Å². The van der Waals surface area contributed by atoms with Gasteiger partial charge in [0.05, 0.1) is 0 Å². The summed E-state index contributed by atoms with van der Waals surface area (Å²) in [4.78, 5) is 24.3. The summed E-state index contributed by atoms with van der Waals surface area (Å²) >= 11 is 3.33. The van der Waals surface area contributed by atoms with Crippen molar-refractivity contribution in [3.8, 4) is 5.75 Å². The van der Waals surface area contributed by atoms with E-state index in [0.29, 0.717) is 18.4 Å². The Labute approximate surface area is 161 Å². The molecule has 0 bridgehead atoms. The summed E-state index contributed by atoms with van der Waals surface area (Å²) in [7, 11) is 0. The maximum atomic E-state index is 12.5. The van der Waals surface area contributed by atoms with Gasteiger partial charge in [-0.25, -0.2) is 0 Å². The summed E-state index contributed by atoms with van der Waals surface area (Å²) < 4.78 is 0.811. The van der Waals surface area contributed by atoms with Crippen molar-refractivity contribution in [1.29, 1.82) is 0 Å². The molecule has 4 N–H and O–H groups in total. The number of phenolic OH excluding ortho intramolecular Hbond substituents is 1. The van der Waals surface area contributed by atoms with Crippen LogP contribution in [0.5, 0.6) is 5.75 Å². The van der Waals surface area contributed by atoms with Gasteiger partial charge >= 0.3 is 0 Å². The number of nitrogens with one attached hydrogen (secondary N) is 1. The summed E-state index contributed by atoms with van der Waals surface area (Å²) in [5, 5.41) is 12.6. The summed E-state index contributed by atoms with van der Waals surface area (Å²) in [6.07, 6.45) is 1.19. The Kier molecular flexibility index (Phi) is 7.21. The molecule has 0 spiro atoms. The number of benzene rings is 2. The SMILES string of the molecule is C[C@H](C(=O)NCc1cc(Br)ccc1O)C(CCc1ccccc1)C(N)=O. The fourth-order valence-electron chi connectivity index (χ4n) is 2.83. The number of nitrogens with two attached hydrogens (primary N) is 1. The van der Waals surface area contributed by atoms with Crippen LogP contribution >= 0.6 is 15.9 Å². The molecule has 2 rings (SSSR count). The van der Waals surface area contributed by atoms with E-state index in [-0.39, 0.29) is 18.2 Å². The number of rotatable bonds is 8. The highest BCUT2D eigenvalue weighted by molar-refractivity contribution is 9.10. The maximum absolute atomic E-state index is 12.5. The third kappa shape index (κ3) is 5.59. The zero-order valence-corrected chi connectivity index (χ0v) is 16.2. The lowest BCUT2D eigenvalue weighted by Gasteiger charge is -2.21. The van der Waals surface area contributed by atoms with Crippen molar-refractivity contribution in [2.75, 3.05) is 0 Å². The van der Waals surface area contributed by atoms with Crippen molar-refractivity contribution >= 4 is 27.7 Å². The van der Waals surface area contributed by atoms with Crippen LogP contribution in [-0.2, 0) is 22.6 Å². The molecule has 2 atom stereocenters. The second-order valence-corrected chi connectivity index (χ2v) is 7.23. The minimum absolute atomic E-state index is 0.108. The van der Waals surface area contributed by atoms with Gasteiger partial charge in [0.2, 0.25) is 11.8 Å². The molecule has 138 valence electrons. The molecule has 0 saturated heterocycles. The Morgan fingerprint density at radius 2 is 1.88 bits per heavy atom. The molecule has 2 aromatic carbocycles. The average Bonchev–Trinajstić information content (AvgIpc) is 2.62. The standard InChI is InChI=1S/C20H23BrN2O3/c1-13(17(19(22)25)9-7-14-5-3-2-4-6-14)20(26)23-12-15-11-16(21)8-10-18(15)24/h2-6,8,10-11,13,17,24H,7,9,12H2,1H3,(H2,22,25)(H,23,26)/t13-,17?/m0/s1. The minimum Gasteiger partial charge on any atom is -0.508 e. The Bertz CT molecular complexity index is 765. The van der Waals surface area contributed by atoms with Gasteiger partial charge in [-0.3, -0.25) is 9.59 Å². The number of carbonyl (C=O) groups is 2. The van der Waals surface area contributed by atoms with Crippen LogP contribution in [0.15, 0.2) is 53.0 Å². The van der Waals surface area contributed by atoms with Gasteiger partial charge < -0.3 is 16.2 Å². The molecular weight excluding hydrogens is 396 g/mol. The lowest BCUT2D eigenvalue weighted by molar-refractivity contribution is -0.133. The Balaban J connectivity index is 1.96. The van der Waals surface area contributed by atoms with Crippen LogP contribution in [0.2, 0.25) is 0 Å². The van der Waals surface area contributed by atoms with Gasteiger partial charge in [0, 0.05) is 28.4 Å². The van der Waals surface area contributed by atoms with E-state index in [1.807, 2.05) is 30.3 Å². The molecule has 1 unspecified atom stereocenters. The Morgan fingerprint density at radius 1 is 1.19 bits per heavy atom. The minimum atomic E-state index is -0.550. The molecule has 0 aliphatic heterocycles. The first-order chi connectivity index (χ1) is 12.4. The van der Waals surface area contributed by atoms with E-state index in [9.17, 15) is 14.7 Å². The Hall–Kier alpha value is -2.34. The molecule has 0 saturated carbocycles. The number of hydrogen-bond donors (Lipinski definition) is 3. The van der Waals surface area contributed by atoms with Gasteiger partial charge in [0.1, 0.15) is 5.75 Å². The van der Waals surface area contributed by atoms with Gasteiger partial charge in [-0.05, 0) is 36.6 Å². The molecule has 0 aliphatic carbocycles. The molecular formula is C20H23BrN2O3. The van der Waals surface area contributed by atoms with Crippen LogP contribution in [0.1, 0.15) is 24.5 Å². The largest absolute Gasteiger partial charge is 0.508 e. The van der Waals surface area contributed by atoms with Gasteiger partial charge in [-0.15, -0.1) is 0 Å². The number of carbonyl (C=O) groups excluding carboxylic acids is 2. The highest BCUT2D eigenvalue weighted by Gasteiger charge is 2.28.